The number of halogens is 2. The zero-order valence-electron chi connectivity index (χ0n) is 19.4. The molecule has 1 aliphatic rings. The van der Waals surface area contributed by atoms with Crippen LogP contribution in [0.4, 0.5) is 0 Å². The number of nitrogens with zero attached hydrogens (tertiary/aromatic N) is 1. The third-order valence-corrected chi connectivity index (χ3v) is 5.52. The smallest absolute Gasteiger partial charge is 0.363 e. The van der Waals surface area contributed by atoms with Gasteiger partial charge in [-0.05, 0) is 62.4 Å². The maximum absolute atomic E-state index is 12.7. The van der Waals surface area contributed by atoms with Gasteiger partial charge in [-0.3, -0.25) is 0 Å². The van der Waals surface area contributed by atoms with Crippen molar-refractivity contribution in [3.05, 3.63) is 93.1 Å². The highest BCUT2D eigenvalue weighted by molar-refractivity contribution is 6.36. The van der Waals surface area contributed by atoms with Crippen LogP contribution < -0.4 is 14.2 Å². The number of carbonyl (C=O) groups excluding carboxylic acids is 2. The van der Waals surface area contributed by atoms with Crippen LogP contribution in [-0.2, 0) is 9.53 Å². The van der Waals surface area contributed by atoms with Crippen molar-refractivity contribution in [3.8, 4) is 17.2 Å². The van der Waals surface area contributed by atoms with Gasteiger partial charge in [0.05, 0.1) is 23.8 Å². The second kappa shape index (κ2) is 11.3. The topological polar surface area (TPSA) is 83.4 Å². The molecule has 0 saturated heterocycles. The fourth-order valence-corrected chi connectivity index (χ4v) is 3.85. The van der Waals surface area contributed by atoms with E-state index in [1.807, 2.05) is 13.8 Å². The molecule has 9 heteroatoms. The van der Waals surface area contributed by atoms with E-state index < -0.39 is 11.9 Å². The molecule has 1 aliphatic heterocycles. The van der Waals surface area contributed by atoms with Gasteiger partial charge in [-0.1, -0.05) is 41.4 Å². The Bertz CT molecular complexity index is 1380. The van der Waals surface area contributed by atoms with Crippen molar-refractivity contribution in [3.63, 3.8) is 0 Å². The van der Waals surface area contributed by atoms with Gasteiger partial charge >= 0.3 is 11.9 Å². The number of rotatable bonds is 8. The summed E-state index contributed by atoms with van der Waals surface area (Å²) in [7, 11) is 0. The quantitative estimate of drug-likeness (QED) is 0.193. The molecule has 0 fully saturated rings. The monoisotopic (exact) mass is 525 g/mol. The van der Waals surface area contributed by atoms with Crippen molar-refractivity contribution in [1.29, 1.82) is 0 Å². The lowest BCUT2D eigenvalue weighted by Crippen LogP contribution is -2.10. The molecule has 0 unspecified atom stereocenters. The summed E-state index contributed by atoms with van der Waals surface area (Å²) < 4.78 is 22.2. The van der Waals surface area contributed by atoms with Gasteiger partial charge in [0.2, 0.25) is 5.90 Å². The van der Waals surface area contributed by atoms with E-state index in [1.165, 1.54) is 18.2 Å². The molecule has 0 atom stereocenters. The van der Waals surface area contributed by atoms with E-state index in [4.69, 9.17) is 42.1 Å². The SMILES string of the molecule is CCOc1ccc(C2=N/C(=C\c3ccccc3OC(=O)c3ccc(Cl)cc3Cl)C(=O)O2)cc1OCC. The van der Waals surface area contributed by atoms with Crippen LogP contribution >= 0.6 is 23.2 Å². The van der Waals surface area contributed by atoms with Gasteiger partial charge in [-0.15, -0.1) is 0 Å². The molecule has 7 nitrogen and oxygen atoms in total. The number of aliphatic imine (C=N–C) groups is 1. The van der Waals surface area contributed by atoms with Gasteiger partial charge in [0.25, 0.3) is 0 Å². The third kappa shape index (κ3) is 5.70. The maximum atomic E-state index is 12.7. The molecule has 0 spiro atoms. The summed E-state index contributed by atoms with van der Waals surface area (Å²) in [5.41, 5.74) is 1.21. The summed E-state index contributed by atoms with van der Waals surface area (Å²) >= 11 is 12.0. The van der Waals surface area contributed by atoms with Gasteiger partial charge in [-0.25, -0.2) is 14.6 Å². The Kier molecular flexibility index (Phi) is 7.93. The zero-order valence-corrected chi connectivity index (χ0v) is 20.9. The Balaban J connectivity index is 1.62. The Hall–Kier alpha value is -3.81. The van der Waals surface area contributed by atoms with Crippen LogP contribution in [0.25, 0.3) is 6.08 Å². The summed E-state index contributed by atoms with van der Waals surface area (Å²) in [4.78, 5) is 29.6. The van der Waals surface area contributed by atoms with Crippen molar-refractivity contribution in [2.75, 3.05) is 13.2 Å². The van der Waals surface area contributed by atoms with Gasteiger partial charge in [0.15, 0.2) is 17.2 Å². The van der Waals surface area contributed by atoms with Crippen LogP contribution in [0.5, 0.6) is 17.2 Å². The number of hydrogen-bond donors (Lipinski definition) is 0. The van der Waals surface area contributed by atoms with Crippen molar-refractivity contribution in [1.82, 2.24) is 0 Å². The molecule has 4 rings (SSSR count). The normalized spacial score (nSPS) is 13.8. The molecule has 0 aliphatic carbocycles. The first-order chi connectivity index (χ1) is 17.4. The summed E-state index contributed by atoms with van der Waals surface area (Å²) in [6, 6.07) is 16.4. The van der Waals surface area contributed by atoms with Crippen LogP contribution in [0.15, 0.2) is 71.4 Å². The lowest BCUT2D eigenvalue weighted by Gasteiger charge is -2.11. The van der Waals surface area contributed by atoms with Crippen molar-refractivity contribution in [2.24, 2.45) is 4.99 Å². The fraction of sp³-hybridized carbons (Fsp3) is 0.148. The average molecular weight is 526 g/mol. The van der Waals surface area contributed by atoms with Crippen molar-refractivity contribution in [2.45, 2.75) is 13.8 Å². The number of hydrogen-bond acceptors (Lipinski definition) is 7. The van der Waals surface area contributed by atoms with E-state index in [1.54, 1.807) is 48.5 Å². The zero-order chi connectivity index (χ0) is 25.7. The number of esters is 2. The predicted octanol–water partition coefficient (Wildman–Crippen LogP) is 6.35. The Morgan fingerprint density at radius 1 is 0.944 bits per heavy atom. The number of carbonyl (C=O) groups is 2. The Labute approximate surface area is 217 Å². The first-order valence-electron chi connectivity index (χ1n) is 11.1. The molecule has 0 saturated carbocycles. The molecule has 1 heterocycles. The summed E-state index contributed by atoms with van der Waals surface area (Å²) in [5.74, 6) is 0.138. The molecular weight excluding hydrogens is 505 g/mol. The van der Waals surface area contributed by atoms with Crippen LogP contribution in [0, 0.1) is 0 Å². The number of benzene rings is 3. The lowest BCUT2D eigenvalue weighted by atomic mass is 10.1. The van der Waals surface area contributed by atoms with E-state index in [-0.39, 0.29) is 27.9 Å². The number of ether oxygens (including phenoxy) is 4. The van der Waals surface area contributed by atoms with Gasteiger partial charge in [-0.2, -0.15) is 0 Å². The molecule has 3 aromatic carbocycles. The van der Waals surface area contributed by atoms with Crippen LogP contribution in [0.2, 0.25) is 10.0 Å². The highest BCUT2D eigenvalue weighted by Crippen LogP contribution is 2.31. The molecule has 36 heavy (non-hydrogen) atoms. The first kappa shape index (κ1) is 25.3. The molecule has 184 valence electrons. The minimum absolute atomic E-state index is 0.0462. The summed E-state index contributed by atoms with van der Waals surface area (Å²) in [5, 5.41) is 0.565. The van der Waals surface area contributed by atoms with E-state index in [2.05, 4.69) is 4.99 Å². The highest BCUT2D eigenvalue weighted by Gasteiger charge is 2.26. The van der Waals surface area contributed by atoms with E-state index in [0.717, 1.165) is 0 Å². The molecule has 0 radical (unpaired) electrons. The standard InChI is InChI=1S/C27H21Cl2NO6/c1-3-33-23-12-9-17(14-24(23)34-4-2)25-30-21(27(32)36-25)13-16-7-5-6-8-22(16)35-26(31)19-11-10-18(28)15-20(19)29/h5-15H,3-4H2,1-2H3/b21-13-. The van der Waals surface area contributed by atoms with E-state index in [9.17, 15) is 9.59 Å². The fourth-order valence-electron chi connectivity index (χ4n) is 3.37. The molecular formula is C27H21Cl2NO6. The molecule has 0 amide bonds. The van der Waals surface area contributed by atoms with Crippen LogP contribution in [0.1, 0.15) is 35.3 Å². The summed E-state index contributed by atoms with van der Waals surface area (Å²) in [6.45, 7) is 4.67. The van der Waals surface area contributed by atoms with E-state index >= 15 is 0 Å². The maximum Gasteiger partial charge on any atom is 0.363 e. The highest BCUT2D eigenvalue weighted by atomic mass is 35.5. The first-order valence-corrected chi connectivity index (χ1v) is 11.8. The lowest BCUT2D eigenvalue weighted by molar-refractivity contribution is -0.129. The van der Waals surface area contributed by atoms with Crippen molar-refractivity contribution < 1.29 is 28.5 Å². The Morgan fingerprint density at radius 3 is 2.44 bits per heavy atom. The molecule has 3 aromatic rings. The van der Waals surface area contributed by atoms with Gasteiger partial charge in [0, 0.05) is 16.1 Å². The third-order valence-electron chi connectivity index (χ3n) is 4.98. The van der Waals surface area contributed by atoms with Gasteiger partial charge in [0.1, 0.15) is 5.75 Å². The largest absolute Gasteiger partial charge is 0.490 e. The second-order valence-electron chi connectivity index (χ2n) is 7.42. The van der Waals surface area contributed by atoms with Crippen LogP contribution in [-0.4, -0.2) is 31.1 Å². The van der Waals surface area contributed by atoms with Crippen LogP contribution in [0.3, 0.4) is 0 Å². The van der Waals surface area contributed by atoms with Gasteiger partial charge < -0.3 is 18.9 Å². The van der Waals surface area contributed by atoms with Crippen molar-refractivity contribution >= 4 is 47.1 Å². The summed E-state index contributed by atoms with van der Waals surface area (Å²) in [6.07, 6.45) is 1.49. The minimum Gasteiger partial charge on any atom is -0.490 e. The second-order valence-corrected chi connectivity index (χ2v) is 8.26. The average Bonchev–Trinajstić information content (AvgIpc) is 3.21. The number of cyclic esters (lactones) is 1. The van der Waals surface area contributed by atoms with E-state index in [0.29, 0.717) is 40.9 Å². The number of para-hydroxylation sites is 1. The predicted molar refractivity (Wildman–Crippen MR) is 137 cm³/mol. The molecule has 0 bridgehead atoms. The Morgan fingerprint density at radius 2 is 1.69 bits per heavy atom. The molecule has 0 aromatic heterocycles. The molecule has 0 N–H and O–H groups in total. The minimum atomic E-state index is -0.668.